The molecule has 0 bridgehead atoms. The van der Waals surface area contributed by atoms with Gasteiger partial charge in [-0.05, 0) is 30.6 Å². The van der Waals surface area contributed by atoms with Crippen LogP contribution in [0.3, 0.4) is 0 Å². The van der Waals surface area contributed by atoms with Crippen LogP contribution in [0, 0.1) is 31.1 Å². The molecule has 0 saturated heterocycles. The Labute approximate surface area is 93.2 Å². The summed E-state index contributed by atoms with van der Waals surface area (Å²) >= 11 is 0. The zero-order chi connectivity index (χ0) is 12.3. The summed E-state index contributed by atoms with van der Waals surface area (Å²) < 4.78 is 38.7. The van der Waals surface area contributed by atoms with Gasteiger partial charge in [0.15, 0.2) is 0 Å². The van der Waals surface area contributed by atoms with E-state index >= 15 is 0 Å². The van der Waals surface area contributed by atoms with Crippen molar-refractivity contribution >= 4 is 5.97 Å². The first-order chi connectivity index (χ1) is 7.33. The highest BCUT2D eigenvalue weighted by Gasteiger charge is 2.38. The van der Waals surface area contributed by atoms with Crippen molar-refractivity contribution in [1.29, 1.82) is 0 Å². The zero-order valence-electron chi connectivity index (χ0n) is 9.09. The Balaban J connectivity index is 2.49. The number of rotatable bonds is 3. The summed E-state index contributed by atoms with van der Waals surface area (Å²) in [5.41, 5.74) is 0. The summed E-state index contributed by atoms with van der Waals surface area (Å²) in [7, 11) is 0. The van der Waals surface area contributed by atoms with Crippen molar-refractivity contribution in [2.75, 3.05) is 0 Å². The van der Waals surface area contributed by atoms with Crippen LogP contribution in [0.15, 0.2) is 0 Å². The van der Waals surface area contributed by atoms with Crippen LogP contribution in [-0.2, 0) is 9.53 Å². The molecule has 0 aromatic heterocycles. The largest absolute Gasteiger partial charge is 0.575 e. The van der Waals surface area contributed by atoms with Crippen molar-refractivity contribution in [3.05, 3.63) is 13.3 Å². The van der Waals surface area contributed by atoms with Crippen LogP contribution in [0.1, 0.15) is 26.2 Å². The fraction of sp³-hybridized carbons (Fsp3) is 0.727. The maximum Gasteiger partial charge on any atom is 0.575 e. The van der Waals surface area contributed by atoms with E-state index in [0.29, 0.717) is 6.42 Å². The molecule has 1 saturated carbocycles. The Hall–Kier alpha value is -0.740. The number of alkyl halides is 3. The van der Waals surface area contributed by atoms with Gasteiger partial charge in [0.2, 0.25) is 0 Å². The Kier molecular flexibility index (Phi) is 4.21. The fourth-order valence-electron chi connectivity index (χ4n) is 2.22. The molecule has 0 N–H and O–H groups in total. The maximum atomic E-state index is 11.8. The second-order valence-corrected chi connectivity index (χ2v) is 4.17. The number of carbonyl (C=O) groups is 1. The Morgan fingerprint density at radius 3 is 2.69 bits per heavy atom. The van der Waals surface area contributed by atoms with Crippen LogP contribution >= 0.6 is 0 Å². The standard InChI is InChI=1S/C11H15F3O2/c1-3-8-5-4-7(2)9(8)6-10(15)16-11(12,13)14/h4,7-9H,1,3,5-6H2,2H3. The number of ether oxygens (including phenoxy) is 1. The van der Waals surface area contributed by atoms with Crippen molar-refractivity contribution < 1.29 is 22.7 Å². The number of carbonyl (C=O) groups excluding carboxylic acids is 1. The van der Waals surface area contributed by atoms with E-state index in [4.69, 9.17) is 0 Å². The molecule has 3 atom stereocenters. The first-order valence-corrected chi connectivity index (χ1v) is 5.24. The molecule has 5 heteroatoms. The third-order valence-corrected chi connectivity index (χ3v) is 3.09. The van der Waals surface area contributed by atoms with Crippen molar-refractivity contribution in [3.63, 3.8) is 0 Å². The van der Waals surface area contributed by atoms with E-state index in [9.17, 15) is 18.0 Å². The van der Waals surface area contributed by atoms with Gasteiger partial charge in [0.05, 0.1) is 0 Å². The van der Waals surface area contributed by atoms with E-state index in [0.717, 1.165) is 6.42 Å². The summed E-state index contributed by atoms with van der Waals surface area (Å²) in [6.07, 6.45) is -1.58. The van der Waals surface area contributed by atoms with E-state index in [1.165, 1.54) is 0 Å². The average Bonchev–Trinajstić information content (AvgIpc) is 2.44. The highest BCUT2D eigenvalue weighted by molar-refractivity contribution is 5.70. The Morgan fingerprint density at radius 1 is 1.56 bits per heavy atom. The maximum absolute atomic E-state index is 11.8. The molecular formula is C11H15F3O2. The van der Waals surface area contributed by atoms with Crippen LogP contribution in [0.25, 0.3) is 0 Å². The number of halogens is 3. The number of hydrogen-bond donors (Lipinski definition) is 0. The highest BCUT2D eigenvalue weighted by atomic mass is 19.4. The first kappa shape index (κ1) is 13.3. The van der Waals surface area contributed by atoms with E-state index in [1.54, 1.807) is 0 Å². The topological polar surface area (TPSA) is 26.3 Å². The lowest BCUT2D eigenvalue weighted by atomic mass is 9.86. The molecule has 0 aromatic carbocycles. The fourth-order valence-corrected chi connectivity index (χ4v) is 2.22. The minimum atomic E-state index is -4.87. The predicted octanol–water partition coefficient (Wildman–Crippen LogP) is 3.14. The summed E-state index contributed by atoms with van der Waals surface area (Å²) in [4.78, 5) is 11.0. The second-order valence-electron chi connectivity index (χ2n) is 4.17. The molecule has 1 rings (SSSR count). The average molecular weight is 236 g/mol. The molecule has 1 fully saturated rings. The second kappa shape index (κ2) is 5.06. The minimum absolute atomic E-state index is 0.0765. The molecule has 0 heterocycles. The predicted molar refractivity (Wildman–Crippen MR) is 51.8 cm³/mol. The van der Waals surface area contributed by atoms with E-state index in [1.807, 2.05) is 13.3 Å². The molecular weight excluding hydrogens is 221 g/mol. The van der Waals surface area contributed by atoms with Crippen LogP contribution < -0.4 is 0 Å². The van der Waals surface area contributed by atoms with Gasteiger partial charge in [-0.2, -0.15) is 0 Å². The van der Waals surface area contributed by atoms with Crippen molar-refractivity contribution in [1.82, 2.24) is 0 Å². The lowest BCUT2D eigenvalue weighted by Crippen LogP contribution is -2.24. The van der Waals surface area contributed by atoms with Crippen molar-refractivity contribution in [2.24, 2.45) is 17.8 Å². The highest BCUT2D eigenvalue weighted by Crippen LogP contribution is 2.40. The molecule has 1 aliphatic rings. The third kappa shape index (κ3) is 3.68. The molecule has 1 aliphatic carbocycles. The van der Waals surface area contributed by atoms with Gasteiger partial charge >= 0.3 is 12.3 Å². The Morgan fingerprint density at radius 2 is 2.19 bits per heavy atom. The van der Waals surface area contributed by atoms with Crippen LogP contribution in [0.2, 0.25) is 0 Å². The van der Waals surface area contributed by atoms with E-state index < -0.39 is 12.3 Å². The van der Waals surface area contributed by atoms with Gasteiger partial charge in [0.25, 0.3) is 0 Å². The van der Waals surface area contributed by atoms with Gasteiger partial charge in [-0.15, -0.1) is 13.2 Å². The summed E-state index contributed by atoms with van der Waals surface area (Å²) in [5, 5.41) is 0. The molecule has 16 heavy (non-hydrogen) atoms. The molecule has 2 nitrogen and oxygen atoms in total. The van der Waals surface area contributed by atoms with Crippen LogP contribution in [0.5, 0.6) is 0 Å². The van der Waals surface area contributed by atoms with E-state index in [-0.39, 0.29) is 24.2 Å². The molecule has 2 radical (unpaired) electrons. The number of hydrogen-bond acceptors (Lipinski definition) is 2. The summed E-state index contributed by atoms with van der Waals surface area (Å²) in [6.45, 7) is 5.64. The Bertz CT molecular complexity index is 250. The quantitative estimate of drug-likeness (QED) is 0.704. The summed E-state index contributed by atoms with van der Waals surface area (Å²) in [6, 6.07) is 0. The van der Waals surface area contributed by atoms with Gasteiger partial charge in [-0.3, -0.25) is 4.79 Å². The molecule has 92 valence electrons. The van der Waals surface area contributed by atoms with E-state index in [2.05, 4.69) is 11.7 Å². The molecule has 3 unspecified atom stereocenters. The van der Waals surface area contributed by atoms with Gasteiger partial charge in [-0.25, -0.2) is 0 Å². The minimum Gasteiger partial charge on any atom is -0.373 e. The molecule has 0 spiro atoms. The third-order valence-electron chi connectivity index (χ3n) is 3.09. The molecule has 0 amide bonds. The lowest BCUT2D eigenvalue weighted by Gasteiger charge is -2.20. The molecule has 0 aliphatic heterocycles. The van der Waals surface area contributed by atoms with Gasteiger partial charge in [-0.1, -0.05) is 20.3 Å². The van der Waals surface area contributed by atoms with Gasteiger partial charge in [0.1, 0.15) is 0 Å². The lowest BCUT2D eigenvalue weighted by molar-refractivity contribution is -0.306. The SMILES string of the molecule is [CH2]CC1C[CH]C(C)C1CC(=O)OC(F)(F)F. The normalized spacial score (nSPS) is 30.4. The zero-order valence-corrected chi connectivity index (χ0v) is 9.09. The first-order valence-electron chi connectivity index (χ1n) is 5.24. The van der Waals surface area contributed by atoms with Crippen LogP contribution in [0.4, 0.5) is 13.2 Å². The summed E-state index contributed by atoms with van der Waals surface area (Å²) in [5.74, 6) is -0.936. The van der Waals surface area contributed by atoms with Crippen molar-refractivity contribution in [3.8, 4) is 0 Å². The smallest absolute Gasteiger partial charge is 0.373 e. The van der Waals surface area contributed by atoms with Crippen LogP contribution in [-0.4, -0.2) is 12.3 Å². The van der Waals surface area contributed by atoms with Crippen molar-refractivity contribution in [2.45, 2.75) is 32.5 Å². The monoisotopic (exact) mass is 236 g/mol. The van der Waals surface area contributed by atoms with Gasteiger partial charge in [0, 0.05) is 6.42 Å². The number of esters is 1. The molecule has 0 aromatic rings. The van der Waals surface area contributed by atoms with Gasteiger partial charge < -0.3 is 4.74 Å².